The summed E-state index contributed by atoms with van der Waals surface area (Å²) < 4.78 is 12.2. The summed E-state index contributed by atoms with van der Waals surface area (Å²) in [5.41, 5.74) is 1.95. The number of anilines is 1. The molecule has 1 aromatic carbocycles. The van der Waals surface area contributed by atoms with Crippen molar-refractivity contribution in [3.63, 3.8) is 0 Å². The number of benzene rings is 1. The van der Waals surface area contributed by atoms with Crippen LogP contribution in [-0.2, 0) is 17.8 Å². The van der Waals surface area contributed by atoms with E-state index in [0.29, 0.717) is 36.3 Å². The summed E-state index contributed by atoms with van der Waals surface area (Å²) in [6.45, 7) is 2.48. The van der Waals surface area contributed by atoms with Gasteiger partial charge in [-0.25, -0.2) is 4.68 Å². The molecule has 0 aliphatic heterocycles. The third kappa shape index (κ3) is 4.17. The number of hydrogen-bond donors (Lipinski definition) is 1. The molecule has 3 heterocycles. The predicted molar refractivity (Wildman–Crippen MR) is 101 cm³/mol. The Kier molecular flexibility index (Phi) is 5.01. The number of nitrogens with zero attached hydrogens (tertiary/aromatic N) is 4. The van der Waals surface area contributed by atoms with Gasteiger partial charge in [-0.2, -0.15) is 10.1 Å². The van der Waals surface area contributed by atoms with E-state index >= 15 is 0 Å². The van der Waals surface area contributed by atoms with E-state index in [9.17, 15) is 4.79 Å². The van der Waals surface area contributed by atoms with E-state index in [4.69, 9.17) is 8.94 Å². The highest BCUT2D eigenvalue weighted by Gasteiger charge is 2.14. The first kappa shape index (κ1) is 17.7. The summed E-state index contributed by atoms with van der Waals surface area (Å²) in [4.78, 5) is 16.6. The molecule has 4 rings (SSSR count). The van der Waals surface area contributed by atoms with Crippen LogP contribution in [0.4, 0.5) is 5.82 Å². The van der Waals surface area contributed by atoms with Crippen molar-refractivity contribution >= 4 is 11.7 Å². The zero-order valence-corrected chi connectivity index (χ0v) is 15.3. The van der Waals surface area contributed by atoms with Gasteiger partial charge in [0.1, 0.15) is 5.82 Å². The van der Waals surface area contributed by atoms with Crippen molar-refractivity contribution in [2.24, 2.45) is 0 Å². The van der Waals surface area contributed by atoms with Gasteiger partial charge in [0.25, 0.3) is 0 Å². The van der Waals surface area contributed by atoms with Crippen LogP contribution in [0.5, 0.6) is 0 Å². The second-order valence-corrected chi connectivity index (χ2v) is 6.35. The summed E-state index contributed by atoms with van der Waals surface area (Å²) in [5.74, 6) is 1.80. The predicted octanol–water partition coefficient (Wildman–Crippen LogP) is 3.45. The van der Waals surface area contributed by atoms with Gasteiger partial charge in [0.2, 0.25) is 17.6 Å². The standard InChI is InChI=1S/C20H19N5O3/c1-14-12-17(25(23-14)13-15-6-3-2-4-7-15)21-18(26)9-10-19-22-20(24-28-19)16-8-5-11-27-16/h2-8,11-12H,9-10,13H2,1H3,(H,21,26). The van der Waals surface area contributed by atoms with Crippen LogP contribution >= 0.6 is 0 Å². The molecule has 1 amide bonds. The van der Waals surface area contributed by atoms with Gasteiger partial charge in [0.15, 0.2) is 5.76 Å². The molecule has 0 aliphatic carbocycles. The molecule has 0 spiro atoms. The van der Waals surface area contributed by atoms with E-state index in [1.807, 2.05) is 43.3 Å². The highest BCUT2D eigenvalue weighted by Crippen LogP contribution is 2.17. The molecule has 0 unspecified atom stereocenters. The van der Waals surface area contributed by atoms with Crippen LogP contribution in [0.15, 0.2) is 63.7 Å². The molecular weight excluding hydrogens is 358 g/mol. The third-order valence-corrected chi connectivity index (χ3v) is 4.12. The Morgan fingerprint density at radius 1 is 1.18 bits per heavy atom. The Hall–Kier alpha value is -3.68. The molecule has 0 radical (unpaired) electrons. The second kappa shape index (κ2) is 7.91. The van der Waals surface area contributed by atoms with Crippen molar-refractivity contribution in [2.45, 2.75) is 26.3 Å². The van der Waals surface area contributed by atoms with Gasteiger partial charge >= 0.3 is 0 Å². The molecule has 0 aliphatic rings. The molecular formula is C20H19N5O3. The van der Waals surface area contributed by atoms with Gasteiger partial charge in [-0.15, -0.1) is 0 Å². The van der Waals surface area contributed by atoms with E-state index in [2.05, 4.69) is 20.6 Å². The van der Waals surface area contributed by atoms with Gasteiger partial charge < -0.3 is 14.3 Å². The quantitative estimate of drug-likeness (QED) is 0.529. The number of rotatable bonds is 7. The lowest BCUT2D eigenvalue weighted by Crippen LogP contribution is -2.16. The van der Waals surface area contributed by atoms with E-state index in [1.165, 1.54) is 0 Å². The Morgan fingerprint density at radius 2 is 2.04 bits per heavy atom. The lowest BCUT2D eigenvalue weighted by Gasteiger charge is -2.08. The number of carbonyl (C=O) groups is 1. The van der Waals surface area contributed by atoms with E-state index in [1.54, 1.807) is 23.1 Å². The first-order valence-corrected chi connectivity index (χ1v) is 8.92. The number of aromatic nitrogens is 4. The highest BCUT2D eigenvalue weighted by molar-refractivity contribution is 5.90. The Bertz CT molecular complexity index is 1050. The second-order valence-electron chi connectivity index (χ2n) is 6.35. The first-order chi connectivity index (χ1) is 13.7. The van der Waals surface area contributed by atoms with Crippen molar-refractivity contribution in [3.05, 3.63) is 71.9 Å². The van der Waals surface area contributed by atoms with E-state index in [-0.39, 0.29) is 12.3 Å². The van der Waals surface area contributed by atoms with Crippen LogP contribution in [-0.4, -0.2) is 25.8 Å². The van der Waals surface area contributed by atoms with Gasteiger partial charge in [0.05, 0.1) is 18.5 Å². The van der Waals surface area contributed by atoms with Gasteiger partial charge in [-0.1, -0.05) is 35.5 Å². The summed E-state index contributed by atoms with van der Waals surface area (Å²) >= 11 is 0. The zero-order chi connectivity index (χ0) is 19.3. The molecule has 0 saturated heterocycles. The highest BCUT2D eigenvalue weighted by atomic mass is 16.5. The third-order valence-electron chi connectivity index (χ3n) is 4.12. The number of carbonyl (C=O) groups excluding carboxylic acids is 1. The minimum Gasteiger partial charge on any atom is -0.461 e. The molecule has 0 bridgehead atoms. The monoisotopic (exact) mass is 377 g/mol. The molecule has 0 fully saturated rings. The number of aryl methyl sites for hydroxylation is 2. The fourth-order valence-electron chi connectivity index (χ4n) is 2.81. The first-order valence-electron chi connectivity index (χ1n) is 8.92. The topological polar surface area (TPSA) is 99.0 Å². The fraction of sp³-hybridized carbons (Fsp3) is 0.200. The van der Waals surface area contributed by atoms with Crippen molar-refractivity contribution < 1.29 is 13.7 Å². The van der Waals surface area contributed by atoms with Crippen LogP contribution < -0.4 is 5.32 Å². The normalized spacial score (nSPS) is 10.9. The molecule has 28 heavy (non-hydrogen) atoms. The van der Waals surface area contributed by atoms with Gasteiger partial charge in [0, 0.05) is 18.9 Å². The molecule has 8 nitrogen and oxygen atoms in total. The largest absolute Gasteiger partial charge is 0.461 e. The van der Waals surface area contributed by atoms with Crippen molar-refractivity contribution in [2.75, 3.05) is 5.32 Å². The Morgan fingerprint density at radius 3 is 2.82 bits per heavy atom. The Balaban J connectivity index is 1.36. The van der Waals surface area contributed by atoms with Gasteiger partial charge in [-0.3, -0.25) is 4.79 Å². The maximum Gasteiger partial charge on any atom is 0.238 e. The van der Waals surface area contributed by atoms with E-state index < -0.39 is 0 Å². The molecule has 0 saturated carbocycles. The number of nitrogens with one attached hydrogen (secondary N) is 1. The SMILES string of the molecule is Cc1cc(NC(=O)CCc2nc(-c3ccco3)no2)n(Cc2ccccc2)n1. The molecule has 4 aromatic rings. The van der Waals surface area contributed by atoms with Crippen molar-refractivity contribution in [1.29, 1.82) is 0 Å². The number of amides is 1. The maximum absolute atomic E-state index is 12.4. The Labute approximate surface area is 161 Å². The lowest BCUT2D eigenvalue weighted by atomic mass is 10.2. The zero-order valence-electron chi connectivity index (χ0n) is 15.3. The van der Waals surface area contributed by atoms with Crippen molar-refractivity contribution in [3.8, 4) is 11.6 Å². The molecule has 1 N–H and O–H groups in total. The summed E-state index contributed by atoms with van der Waals surface area (Å²) in [7, 11) is 0. The average Bonchev–Trinajstić information content (AvgIpc) is 3.42. The molecule has 3 aromatic heterocycles. The minimum absolute atomic E-state index is 0.146. The maximum atomic E-state index is 12.4. The minimum atomic E-state index is -0.146. The lowest BCUT2D eigenvalue weighted by molar-refractivity contribution is -0.116. The van der Waals surface area contributed by atoms with Gasteiger partial charge in [-0.05, 0) is 24.6 Å². The van der Waals surface area contributed by atoms with Crippen LogP contribution in [0.25, 0.3) is 11.6 Å². The summed E-state index contributed by atoms with van der Waals surface area (Å²) in [6.07, 6.45) is 2.10. The van der Waals surface area contributed by atoms with E-state index in [0.717, 1.165) is 11.3 Å². The number of hydrogen-bond acceptors (Lipinski definition) is 6. The molecule has 142 valence electrons. The van der Waals surface area contributed by atoms with Crippen LogP contribution in [0.1, 0.15) is 23.6 Å². The van der Waals surface area contributed by atoms with Crippen LogP contribution in [0.2, 0.25) is 0 Å². The summed E-state index contributed by atoms with van der Waals surface area (Å²) in [5, 5.41) is 11.2. The average molecular weight is 377 g/mol. The molecule has 0 atom stereocenters. The summed E-state index contributed by atoms with van der Waals surface area (Å²) in [6, 6.07) is 15.3. The van der Waals surface area contributed by atoms with Crippen LogP contribution in [0, 0.1) is 6.92 Å². The number of furan rings is 1. The smallest absolute Gasteiger partial charge is 0.238 e. The molecule has 8 heteroatoms. The fourth-order valence-corrected chi connectivity index (χ4v) is 2.81. The van der Waals surface area contributed by atoms with Crippen molar-refractivity contribution in [1.82, 2.24) is 19.9 Å². The van der Waals surface area contributed by atoms with Crippen LogP contribution in [0.3, 0.4) is 0 Å².